The SMILES string of the molecule is CCCCCCCCC/C=C/c1c(F)cc(C#Cc2ccc(C3CCC(F)CC3)cc2)cc1F. The van der Waals surface area contributed by atoms with Crippen molar-refractivity contribution < 1.29 is 13.2 Å². The van der Waals surface area contributed by atoms with E-state index < -0.39 is 17.8 Å². The molecule has 2 aromatic rings. The Hall–Kier alpha value is -2.47. The normalized spacial score (nSPS) is 18.1. The lowest BCUT2D eigenvalue weighted by Crippen LogP contribution is -2.13. The molecular weight excluding hydrogens is 429 g/mol. The lowest BCUT2D eigenvalue weighted by atomic mass is 9.83. The predicted octanol–water partition coefficient (Wildman–Crippen LogP) is 9.51. The van der Waals surface area contributed by atoms with E-state index >= 15 is 0 Å². The van der Waals surface area contributed by atoms with Gasteiger partial charge in [0.05, 0.1) is 0 Å². The molecule has 3 heteroatoms. The van der Waals surface area contributed by atoms with Crippen LogP contribution in [0.2, 0.25) is 0 Å². The molecule has 1 saturated carbocycles. The molecule has 0 heterocycles. The molecule has 0 nitrogen and oxygen atoms in total. The van der Waals surface area contributed by atoms with Gasteiger partial charge in [0.2, 0.25) is 0 Å². The number of benzene rings is 2. The van der Waals surface area contributed by atoms with E-state index in [0.717, 1.165) is 37.7 Å². The van der Waals surface area contributed by atoms with Crippen LogP contribution in [0.25, 0.3) is 6.08 Å². The zero-order valence-corrected chi connectivity index (χ0v) is 20.4. The molecule has 0 spiro atoms. The summed E-state index contributed by atoms with van der Waals surface area (Å²) in [5.74, 6) is 5.11. The second-order valence-corrected chi connectivity index (χ2v) is 9.49. The van der Waals surface area contributed by atoms with Gasteiger partial charge in [-0.05, 0) is 74.3 Å². The van der Waals surface area contributed by atoms with Crippen molar-refractivity contribution in [2.45, 2.75) is 96.1 Å². The molecule has 0 N–H and O–H groups in total. The average molecular weight is 467 g/mol. The number of alkyl halides is 1. The van der Waals surface area contributed by atoms with E-state index in [1.807, 2.05) is 30.3 Å². The Bertz CT molecular complexity index is 947. The van der Waals surface area contributed by atoms with E-state index in [-0.39, 0.29) is 5.56 Å². The van der Waals surface area contributed by atoms with Crippen LogP contribution < -0.4 is 0 Å². The molecule has 0 radical (unpaired) electrons. The molecule has 1 fully saturated rings. The summed E-state index contributed by atoms with van der Waals surface area (Å²) in [6.45, 7) is 2.21. The van der Waals surface area contributed by atoms with Crippen molar-refractivity contribution >= 4 is 6.08 Å². The largest absolute Gasteiger partial charge is 0.247 e. The Morgan fingerprint density at radius 3 is 2.03 bits per heavy atom. The van der Waals surface area contributed by atoms with Gasteiger partial charge in [-0.15, -0.1) is 0 Å². The standard InChI is InChI=1S/C31H37F3/c1-2-3-4-5-6-7-8-9-10-11-29-30(33)22-25(23-31(29)34)13-12-24-14-16-26(17-15-24)27-18-20-28(32)21-19-27/h10-11,14-17,22-23,27-28H,2-9,18-21H2,1H3/b11-10+. The highest BCUT2D eigenvalue weighted by atomic mass is 19.1. The highest BCUT2D eigenvalue weighted by Gasteiger charge is 2.21. The third-order valence-electron chi connectivity index (χ3n) is 6.73. The Balaban J connectivity index is 1.52. The Labute approximate surface area is 203 Å². The molecule has 0 amide bonds. The fourth-order valence-corrected chi connectivity index (χ4v) is 4.61. The van der Waals surface area contributed by atoms with Gasteiger partial charge in [-0.1, -0.05) is 81.6 Å². The van der Waals surface area contributed by atoms with Crippen molar-refractivity contribution in [2.24, 2.45) is 0 Å². The average Bonchev–Trinajstić information content (AvgIpc) is 2.84. The molecule has 0 aromatic heterocycles. The monoisotopic (exact) mass is 466 g/mol. The molecule has 0 bridgehead atoms. The molecule has 0 aliphatic heterocycles. The van der Waals surface area contributed by atoms with Crippen molar-refractivity contribution in [2.75, 3.05) is 0 Å². The van der Waals surface area contributed by atoms with Crippen LogP contribution in [0, 0.1) is 23.5 Å². The van der Waals surface area contributed by atoms with Gasteiger partial charge in [0, 0.05) is 16.7 Å². The van der Waals surface area contributed by atoms with Crippen molar-refractivity contribution in [1.29, 1.82) is 0 Å². The Morgan fingerprint density at radius 1 is 0.794 bits per heavy atom. The third kappa shape index (κ3) is 8.39. The lowest BCUT2D eigenvalue weighted by molar-refractivity contribution is 0.235. The van der Waals surface area contributed by atoms with Crippen LogP contribution in [0.15, 0.2) is 42.5 Å². The fraction of sp³-hybridized carbons (Fsp3) is 0.484. The molecule has 0 atom stereocenters. The summed E-state index contributed by atoms with van der Waals surface area (Å²) in [6.07, 6.45) is 15.2. The van der Waals surface area contributed by atoms with Crippen LogP contribution >= 0.6 is 0 Å². The maximum atomic E-state index is 14.5. The van der Waals surface area contributed by atoms with Gasteiger partial charge < -0.3 is 0 Å². The zero-order valence-electron chi connectivity index (χ0n) is 20.4. The van der Waals surface area contributed by atoms with Crippen LogP contribution in [0.5, 0.6) is 0 Å². The molecule has 34 heavy (non-hydrogen) atoms. The van der Waals surface area contributed by atoms with Gasteiger partial charge in [-0.3, -0.25) is 0 Å². The van der Waals surface area contributed by atoms with Crippen LogP contribution in [0.3, 0.4) is 0 Å². The highest BCUT2D eigenvalue weighted by molar-refractivity contribution is 5.54. The number of rotatable bonds is 10. The summed E-state index contributed by atoms with van der Waals surface area (Å²) in [6, 6.07) is 10.5. The molecule has 0 saturated heterocycles. The fourth-order valence-electron chi connectivity index (χ4n) is 4.61. The summed E-state index contributed by atoms with van der Waals surface area (Å²) in [5, 5.41) is 0. The van der Waals surface area contributed by atoms with Crippen LogP contribution in [0.1, 0.15) is 112 Å². The van der Waals surface area contributed by atoms with E-state index in [1.165, 1.54) is 49.8 Å². The summed E-state index contributed by atoms with van der Waals surface area (Å²) in [4.78, 5) is 0. The van der Waals surface area contributed by atoms with Crippen LogP contribution in [-0.2, 0) is 0 Å². The maximum Gasteiger partial charge on any atom is 0.134 e. The summed E-state index contributed by atoms with van der Waals surface area (Å²) in [7, 11) is 0. The molecule has 182 valence electrons. The summed E-state index contributed by atoms with van der Waals surface area (Å²) < 4.78 is 42.3. The van der Waals surface area contributed by atoms with Gasteiger partial charge in [0.15, 0.2) is 0 Å². The minimum absolute atomic E-state index is 0.000786. The number of hydrogen-bond acceptors (Lipinski definition) is 0. The third-order valence-corrected chi connectivity index (χ3v) is 6.73. The van der Waals surface area contributed by atoms with Gasteiger partial charge >= 0.3 is 0 Å². The summed E-state index contributed by atoms with van der Waals surface area (Å²) in [5.41, 5.74) is 2.33. The first-order chi connectivity index (χ1) is 16.6. The Morgan fingerprint density at radius 2 is 1.38 bits per heavy atom. The maximum absolute atomic E-state index is 14.5. The second-order valence-electron chi connectivity index (χ2n) is 9.49. The highest BCUT2D eigenvalue weighted by Crippen LogP contribution is 2.34. The Kier molecular flexibility index (Phi) is 10.8. The van der Waals surface area contributed by atoms with E-state index in [2.05, 4.69) is 18.8 Å². The number of allylic oxidation sites excluding steroid dienone is 1. The van der Waals surface area contributed by atoms with Crippen molar-refractivity contribution in [3.05, 3.63) is 76.4 Å². The molecule has 1 aliphatic carbocycles. The molecule has 3 rings (SSSR count). The van der Waals surface area contributed by atoms with Gasteiger partial charge in [0.25, 0.3) is 0 Å². The van der Waals surface area contributed by atoms with Crippen molar-refractivity contribution in [3.63, 3.8) is 0 Å². The minimum Gasteiger partial charge on any atom is -0.247 e. The van der Waals surface area contributed by atoms with Gasteiger partial charge in [-0.25, -0.2) is 13.2 Å². The van der Waals surface area contributed by atoms with Crippen molar-refractivity contribution in [1.82, 2.24) is 0 Å². The van der Waals surface area contributed by atoms with E-state index in [9.17, 15) is 13.2 Å². The molecule has 0 unspecified atom stereocenters. The van der Waals surface area contributed by atoms with Gasteiger partial charge in [-0.2, -0.15) is 0 Å². The second kappa shape index (κ2) is 14.1. The number of halogens is 3. The first-order valence-corrected chi connectivity index (χ1v) is 13.0. The first-order valence-electron chi connectivity index (χ1n) is 13.0. The van der Waals surface area contributed by atoms with E-state index in [1.54, 1.807) is 6.08 Å². The topological polar surface area (TPSA) is 0 Å². The molecule has 1 aliphatic rings. The molecule has 2 aromatic carbocycles. The quantitative estimate of drug-likeness (QED) is 0.241. The van der Waals surface area contributed by atoms with Crippen LogP contribution in [0.4, 0.5) is 13.2 Å². The van der Waals surface area contributed by atoms with E-state index in [0.29, 0.717) is 24.3 Å². The van der Waals surface area contributed by atoms with Gasteiger partial charge in [0.1, 0.15) is 17.8 Å². The number of hydrogen-bond donors (Lipinski definition) is 0. The predicted molar refractivity (Wildman–Crippen MR) is 137 cm³/mol. The van der Waals surface area contributed by atoms with Crippen molar-refractivity contribution in [3.8, 4) is 11.8 Å². The van der Waals surface area contributed by atoms with Crippen LogP contribution in [-0.4, -0.2) is 6.17 Å². The molecular formula is C31H37F3. The summed E-state index contributed by atoms with van der Waals surface area (Å²) >= 11 is 0. The number of unbranched alkanes of at least 4 members (excludes halogenated alkanes) is 7. The minimum atomic E-state index is -0.658. The lowest BCUT2D eigenvalue weighted by Gasteiger charge is -2.24. The first kappa shape index (κ1) is 26.1. The van der Waals surface area contributed by atoms with E-state index in [4.69, 9.17) is 0 Å². The smallest absolute Gasteiger partial charge is 0.134 e. The zero-order chi connectivity index (χ0) is 24.2.